The zero-order chi connectivity index (χ0) is 22.0. The summed E-state index contributed by atoms with van der Waals surface area (Å²) in [5.74, 6) is 0.117. The Balaban J connectivity index is 1.41. The Kier molecular flexibility index (Phi) is 5.94. The molecule has 164 valence electrons. The van der Waals surface area contributed by atoms with E-state index in [9.17, 15) is 14.7 Å². The van der Waals surface area contributed by atoms with Crippen LogP contribution in [0.3, 0.4) is 0 Å². The van der Waals surface area contributed by atoms with Gasteiger partial charge in [-0.15, -0.1) is 0 Å². The van der Waals surface area contributed by atoms with E-state index >= 15 is 0 Å². The van der Waals surface area contributed by atoms with Crippen molar-refractivity contribution < 1.29 is 14.7 Å². The molecule has 0 unspecified atom stereocenters. The third kappa shape index (κ3) is 4.55. The lowest BCUT2D eigenvalue weighted by atomic mass is 9.79. The van der Waals surface area contributed by atoms with Crippen LogP contribution in [0.5, 0.6) is 0 Å². The second kappa shape index (κ2) is 8.65. The van der Waals surface area contributed by atoms with E-state index in [-0.39, 0.29) is 29.7 Å². The molecule has 2 heterocycles. The first-order chi connectivity index (χ1) is 14.9. The van der Waals surface area contributed by atoms with Gasteiger partial charge in [0, 0.05) is 35.8 Å². The lowest BCUT2D eigenvalue weighted by Gasteiger charge is -2.27. The third-order valence-electron chi connectivity index (χ3n) is 6.74. The van der Waals surface area contributed by atoms with E-state index in [1.54, 1.807) is 6.20 Å². The maximum absolute atomic E-state index is 12.7. The Hall–Kier alpha value is -2.96. The number of hydrogen-bond donors (Lipinski definition) is 2. The smallest absolute Gasteiger partial charge is 0.303 e. The molecule has 4 rings (SSSR count). The molecule has 0 bridgehead atoms. The average molecular weight is 423 g/mol. The summed E-state index contributed by atoms with van der Waals surface area (Å²) in [5, 5.41) is 17.1. The van der Waals surface area contributed by atoms with Gasteiger partial charge in [-0.1, -0.05) is 31.1 Å². The largest absolute Gasteiger partial charge is 0.481 e. The van der Waals surface area contributed by atoms with Crippen molar-refractivity contribution in [2.45, 2.75) is 70.8 Å². The van der Waals surface area contributed by atoms with Crippen LogP contribution < -0.4 is 5.32 Å². The number of aliphatic carboxylic acids is 1. The quantitative estimate of drug-likeness (QED) is 0.661. The topological polar surface area (TPSA) is 97.1 Å². The number of carboxylic acids is 1. The molecule has 1 amide bonds. The first-order valence-electron chi connectivity index (χ1n) is 11.0. The van der Waals surface area contributed by atoms with Crippen LogP contribution in [0, 0.1) is 19.3 Å². The molecule has 0 spiro atoms. The standard InChI is InChI=1S/C24H30N4O3/c1-16-23(17(2)28(27-16)20-7-3-6-12-25-20)18-8-9-19(13-18)26-21(29)14-24(15-22(30)31)10-4-5-11-24/h3,6-9,12,18-19H,4-5,10-11,13-15H2,1-2H3,(H,26,29)(H,30,31)/t18-,19+/m0/s1. The number of pyridine rings is 1. The molecule has 1 saturated carbocycles. The second-order valence-corrected chi connectivity index (χ2v) is 9.04. The van der Waals surface area contributed by atoms with Gasteiger partial charge in [-0.2, -0.15) is 5.10 Å². The monoisotopic (exact) mass is 422 g/mol. The molecule has 0 radical (unpaired) electrons. The van der Waals surface area contributed by atoms with Crippen LogP contribution in [0.1, 0.15) is 67.8 Å². The van der Waals surface area contributed by atoms with Crippen LogP contribution in [0.2, 0.25) is 0 Å². The molecule has 0 aromatic carbocycles. The van der Waals surface area contributed by atoms with Crippen LogP contribution in [0.4, 0.5) is 0 Å². The summed E-state index contributed by atoms with van der Waals surface area (Å²) >= 11 is 0. The summed E-state index contributed by atoms with van der Waals surface area (Å²) < 4.78 is 1.88. The highest BCUT2D eigenvalue weighted by Gasteiger charge is 2.38. The molecule has 0 aliphatic heterocycles. The fourth-order valence-electron chi connectivity index (χ4n) is 5.37. The van der Waals surface area contributed by atoms with Gasteiger partial charge in [-0.05, 0) is 50.7 Å². The third-order valence-corrected chi connectivity index (χ3v) is 6.74. The van der Waals surface area contributed by atoms with Gasteiger partial charge in [0.05, 0.1) is 12.1 Å². The zero-order valence-corrected chi connectivity index (χ0v) is 18.2. The Morgan fingerprint density at radius 3 is 2.65 bits per heavy atom. The summed E-state index contributed by atoms with van der Waals surface area (Å²) in [6, 6.07) is 5.72. The van der Waals surface area contributed by atoms with Crippen molar-refractivity contribution in [2.24, 2.45) is 5.41 Å². The van der Waals surface area contributed by atoms with Crippen LogP contribution in [-0.4, -0.2) is 37.8 Å². The highest BCUT2D eigenvalue weighted by Crippen LogP contribution is 2.44. The van der Waals surface area contributed by atoms with Gasteiger partial charge >= 0.3 is 5.97 Å². The highest BCUT2D eigenvalue weighted by molar-refractivity contribution is 5.78. The normalized spacial score (nSPS) is 22.0. The molecule has 7 heteroatoms. The first kappa shape index (κ1) is 21.3. The predicted molar refractivity (Wildman–Crippen MR) is 117 cm³/mol. The summed E-state index contributed by atoms with van der Waals surface area (Å²) in [5.41, 5.74) is 2.83. The number of rotatable bonds is 7. The van der Waals surface area contributed by atoms with Crippen LogP contribution in [0.15, 0.2) is 36.5 Å². The average Bonchev–Trinajstić information content (AvgIpc) is 3.42. The number of carbonyl (C=O) groups is 2. The molecule has 2 aliphatic rings. The van der Waals surface area contributed by atoms with Gasteiger partial charge in [0.1, 0.15) is 0 Å². The van der Waals surface area contributed by atoms with Crippen molar-refractivity contribution in [3.05, 3.63) is 53.5 Å². The number of amides is 1. The van der Waals surface area contributed by atoms with E-state index in [1.807, 2.05) is 29.8 Å². The van der Waals surface area contributed by atoms with Gasteiger partial charge in [-0.3, -0.25) is 9.59 Å². The van der Waals surface area contributed by atoms with Gasteiger partial charge in [0.2, 0.25) is 5.91 Å². The van der Waals surface area contributed by atoms with Crippen LogP contribution in [0.25, 0.3) is 5.82 Å². The number of carboxylic acid groups (broad SMARTS) is 1. The van der Waals surface area contributed by atoms with Crippen molar-refractivity contribution in [2.75, 3.05) is 0 Å². The minimum Gasteiger partial charge on any atom is -0.481 e. The molecule has 31 heavy (non-hydrogen) atoms. The molecule has 7 nitrogen and oxygen atoms in total. The van der Waals surface area contributed by atoms with Crippen LogP contribution in [-0.2, 0) is 9.59 Å². The van der Waals surface area contributed by atoms with E-state index < -0.39 is 5.97 Å². The molecule has 0 saturated heterocycles. The summed E-state index contributed by atoms with van der Waals surface area (Å²) in [6.45, 7) is 4.07. The Bertz CT molecular complexity index is 990. The van der Waals surface area contributed by atoms with E-state index in [1.165, 1.54) is 5.56 Å². The second-order valence-electron chi connectivity index (χ2n) is 9.04. The number of nitrogens with zero attached hydrogens (tertiary/aromatic N) is 3. The molecule has 2 aromatic rings. The number of aryl methyl sites for hydroxylation is 1. The van der Waals surface area contributed by atoms with Crippen molar-refractivity contribution in [3.63, 3.8) is 0 Å². The van der Waals surface area contributed by atoms with E-state index in [0.717, 1.165) is 49.3 Å². The Labute approximate surface area is 182 Å². The molecular weight excluding hydrogens is 392 g/mol. The fourth-order valence-corrected chi connectivity index (χ4v) is 5.37. The van der Waals surface area contributed by atoms with E-state index in [4.69, 9.17) is 5.10 Å². The van der Waals surface area contributed by atoms with E-state index in [2.05, 4.69) is 29.4 Å². The molecular formula is C24H30N4O3. The maximum atomic E-state index is 12.7. The first-order valence-corrected chi connectivity index (χ1v) is 11.0. The number of hydrogen-bond acceptors (Lipinski definition) is 4. The minimum atomic E-state index is -0.814. The maximum Gasteiger partial charge on any atom is 0.303 e. The SMILES string of the molecule is Cc1nn(-c2ccccn2)c(C)c1[C@H]1C=C[C@@H](NC(=O)CC2(CC(=O)O)CCCC2)C1. The van der Waals surface area contributed by atoms with Crippen molar-refractivity contribution in [1.29, 1.82) is 0 Å². The van der Waals surface area contributed by atoms with Gasteiger partial charge in [0.25, 0.3) is 0 Å². The van der Waals surface area contributed by atoms with Crippen LogP contribution >= 0.6 is 0 Å². The van der Waals surface area contributed by atoms with Crippen molar-refractivity contribution >= 4 is 11.9 Å². The minimum absolute atomic E-state index is 0.0437. The van der Waals surface area contributed by atoms with E-state index in [0.29, 0.717) is 6.42 Å². The molecule has 2 N–H and O–H groups in total. The fraction of sp³-hybridized carbons (Fsp3) is 0.500. The van der Waals surface area contributed by atoms with Crippen molar-refractivity contribution in [3.8, 4) is 5.82 Å². The van der Waals surface area contributed by atoms with Gasteiger partial charge in [-0.25, -0.2) is 9.67 Å². The number of carbonyl (C=O) groups excluding carboxylic acids is 1. The summed E-state index contributed by atoms with van der Waals surface area (Å²) in [7, 11) is 0. The molecule has 1 fully saturated rings. The lowest BCUT2D eigenvalue weighted by molar-refractivity contribution is -0.140. The zero-order valence-electron chi connectivity index (χ0n) is 18.2. The summed E-state index contributed by atoms with van der Waals surface area (Å²) in [6.07, 6.45) is 10.8. The van der Waals surface area contributed by atoms with Gasteiger partial charge in [0.15, 0.2) is 5.82 Å². The predicted octanol–water partition coefficient (Wildman–Crippen LogP) is 3.84. The molecule has 2 atom stereocenters. The highest BCUT2D eigenvalue weighted by atomic mass is 16.4. The van der Waals surface area contributed by atoms with Gasteiger partial charge < -0.3 is 10.4 Å². The van der Waals surface area contributed by atoms with Crippen molar-refractivity contribution in [1.82, 2.24) is 20.1 Å². The number of nitrogens with one attached hydrogen (secondary N) is 1. The lowest BCUT2D eigenvalue weighted by Crippen LogP contribution is -2.37. The number of aromatic nitrogens is 3. The summed E-state index contributed by atoms with van der Waals surface area (Å²) in [4.78, 5) is 28.4. The molecule has 2 aromatic heterocycles. The Morgan fingerprint density at radius 1 is 1.19 bits per heavy atom. The Morgan fingerprint density at radius 2 is 1.97 bits per heavy atom. The molecule has 2 aliphatic carbocycles. The number of allylic oxidation sites excluding steroid dienone is 1.